The first kappa shape index (κ1) is 42.1. The second-order valence-corrected chi connectivity index (χ2v) is 18.9. The second-order valence-electron chi connectivity index (χ2n) is 18.9. The van der Waals surface area contributed by atoms with Crippen molar-refractivity contribution >= 4 is 38.6 Å². The molecule has 1 unspecified atom stereocenters. The van der Waals surface area contributed by atoms with Crippen LogP contribution in [0.1, 0.15) is 23.6 Å². The molecule has 71 heavy (non-hydrogen) atoms. The van der Waals surface area contributed by atoms with Crippen molar-refractivity contribution in [1.82, 2.24) is 0 Å². The highest BCUT2D eigenvalue weighted by molar-refractivity contribution is 6.22. The SMILES string of the molecule is CC1(c2ccccc2)c2ccccc2-c2cc(N(c3ccc(-c4ccc(-c5ccccc5)cc4)cc3)c3ccc(-c4ccc5c(c4)c(-c4ccccc4)c(-c4ccccc4)c4ccccc45)cc3)ccc21. The van der Waals surface area contributed by atoms with Crippen LogP contribution in [0.15, 0.2) is 279 Å². The van der Waals surface area contributed by atoms with Crippen LogP contribution in [-0.4, -0.2) is 0 Å². The van der Waals surface area contributed by atoms with Crippen LogP contribution in [0, 0.1) is 0 Å². The van der Waals surface area contributed by atoms with Crippen LogP contribution < -0.4 is 4.90 Å². The molecule has 0 fully saturated rings. The molecule has 1 nitrogen and oxygen atoms in total. The van der Waals surface area contributed by atoms with E-state index in [2.05, 4.69) is 291 Å². The summed E-state index contributed by atoms with van der Waals surface area (Å²) in [5, 5.41) is 5.02. The Morgan fingerprint density at radius 3 is 1.24 bits per heavy atom. The van der Waals surface area contributed by atoms with Crippen molar-refractivity contribution in [3.63, 3.8) is 0 Å². The fourth-order valence-corrected chi connectivity index (χ4v) is 11.4. The lowest BCUT2D eigenvalue weighted by Gasteiger charge is -2.29. The first-order valence-corrected chi connectivity index (χ1v) is 24.7. The van der Waals surface area contributed by atoms with Gasteiger partial charge in [0.05, 0.1) is 0 Å². The third-order valence-electron chi connectivity index (χ3n) is 15.0. The van der Waals surface area contributed by atoms with E-state index in [1.165, 1.54) is 105 Å². The average Bonchev–Trinajstić information content (AvgIpc) is 3.71. The lowest BCUT2D eigenvalue weighted by molar-refractivity contribution is 0.714. The van der Waals surface area contributed by atoms with Gasteiger partial charge in [-0.2, -0.15) is 0 Å². The van der Waals surface area contributed by atoms with E-state index in [0.29, 0.717) is 0 Å². The summed E-state index contributed by atoms with van der Waals surface area (Å²) in [5.41, 5.74) is 21.7. The molecule has 0 saturated carbocycles. The summed E-state index contributed by atoms with van der Waals surface area (Å²) in [4.78, 5) is 2.42. The number of anilines is 3. The van der Waals surface area contributed by atoms with Gasteiger partial charge in [0.1, 0.15) is 0 Å². The van der Waals surface area contributed by atoms with Crippen LogP contribution >= 0.6 is 0 Å². The molecule has 0 saturated heterocycles. The lowest BCUT2D eigenvalue weighted by Crippen LogP contribution is -2.22. The van der Waals surface area contributed by atoms with Gasteiger partial charge in [-0.1, -0.05) is 237 Å². The molecule has 0 N–H and O–H groups in total. The van der Waals surface area contributed by atoms with Gasteiger partial charge in [-0.05, 0) is 154 Å². The number of hydrogen-bond donors (Lipinski definition) is 0. The van der Waals surface area contributed by atoms with E-state index in [9.17, 15) is 0 Å². The molecule has 0 bridgehead atoms. The molecule has 0 amide bonds. The minimum atomic E-state index is -0.274. The smallest absolute Gasteiger partial charge is 0.0468 e. The number of hydrogen-bond acceptors (Lipinski definition) is 1. The largest absolute Gasteiger partial charge is 0.310 e. The Bertz CT molecular complexity index is 3880. The van der Waals surface area contributed by atoms with Gasteiger partial charge in [-0.3, -0.25) is 0 Å². The second kappa shape index (κ2) is 17.5. The van der Waals surface area contributed by atoms with Crippen molar-refractivity contribution < 1.29 is 0 Å². The highest BCUT2D eigenvalue weighted by atomic mass is 15.1. The topological polar surface area (TPSA) is 3.24 Å². The van der Waals surface area contributed by atoms with E-state index in [1.807, 2.05) is 0 Å². The number of nitrogens with zero attached hydrogens (tertiary/aromatic N) is 1. The maximum Gasteiger partial charge on any atom is 0.0468 e. The molecule has 0 aliphatic heterocycles. The number of benzene rings is 12. The van der Waals surface area contributed by atoms with E-state index in [4.69, 9.17) is 0 Å². The van der Waals surface area contributed by atoms with Gasteiger partial charge in [-0.25, -0.2) is 0 Å². The van der Waals surface area contributed by atoms with Crippen LogP contribution in [0.3, 0.4) is 0 Å². The highest BCUT2D eigenvalue weighted by Gasteiger charge is 2.41. The predicted octanol–water partition coefficient (Wildman–Crippen LogP) is 19.1. The number of fused-ring (bicyclic) bond motifs is 6. The third kappa shape index (κ3) is 7.25. The summed E-state index contributed by atoms with van der Waals surface area (Å²) < 4.78 is 0. The zero-order valence-corrected chi connectivity index (χ0v) is 39.5. The van der Waals surface area contributed by atoms with Crippen molar-refractivity contribution in [2.75, 3.05) is 4.90 Å². The average molecular weight is 904 g/mol. The number of rotatable bonds is 9. The third-order valence-corrected chi connectivity index (χ3v) is 15.0. The quantitative estimate of drug-likeness (QED) is 0.130. The molecule has 1 aliphatic rings. The van der Waals surface area contributed by atoms with Gasteiger partial charge in [0.25, 0.3) is 0 Å². The Morgan fingerprint density at radius 1 is 0.254 bits per heavy atom. The Morgan fingerprint density at radius 2 is 0.648 bits per heavy atom. The van der Waals surface area contributed by atoms with Crippen molar-refractivity contribution in [2.24, 2.45) is 0 Å². The highest BCUT2D eigenvalue weighted by Crippen LogP contribution is 2.54. The summed E-state index contributed by atoms with van der Waals surface area (Å²) in [6.45, 7) is 2.38. The zero-order valence-electron chi connectivity index (χ0n) is 39.5. The molecular weight excluding hydrogens is 855 g/mol. The van der Waals surface area contributed by atoms with Gasteiger partial charge >= 0.3 is 0 Å². The lowest BCUT2D eigenvalue weighted by atomic mass is 9.74. The molecule has 0 radical (unpaired) electrons. The van der Waals surface area contributed by atoms with E-state index >= 15 is 0 Å². The molecule has 0 aromatic heterocycles. The Balaban J connectivity index is 0.935. The molecule has 0 spiro atoms. The first-order chi connectivity index (χ1) is 35.1. The van der Waals surface area contributed by atoms with E-state index < -0.39 is 0 Å². The monoisotopic (exact) mass is 903 g/mol. The summed E-state index contributed by atoms with van der Waals surface area (Å²) in [6, 6.07) is 102. The molecule has 334 valence electrons. The normalized spacial score (nSPS) is 13.8. The summed E-state index contributed by atoms with van der Waals surface area (Å²) in [7, 11) is 0. The van der Waals surface area contributed by atoms with Crippen molar-refractivity contribution in [1.29, 1.82) is 0 Å². The molecule has 1 atom stereocenters. The van der Waals surface area contributed by atoms with E-state index in [1.54, 1.807) is 0 Å². The van der Waals surface area contributed by atoms with Crippen LogP contribution in [0.5, 0.6) is 0 Å². The summed E-state index contributed by atoms with van der Waals surface area (Å²) in [6.07, 6.45) is 0. The Labute approximate surface area is 416 Å². The Kier molecular flexibility index (Phi) is 10.4. The predicted molar refractivity (Wildman–Crippen MR) is 301 cm³/mol. The van der Waals surface area contributed by atoms with Crippen molar-refractivity contribution in [2.45, 2.75) is 12.3 Å². The Hall–Kier alpha value is -9.04. The first-order valence-electron chi connectivity index (χ1n) is 24.7. The molecular formula is C70H49N. The summed E-state index contributed by atoms with van der Waals surface area (Å²) in [5.74, 6) is 0. The van der Waals surface area contributed by atoms with E-state index in [0.717, 1.165) is 17.1 Å². The van der Waals surface area contributed by atoms with Gasteiger partial charge in [-0.15, -0.1) is 0 Å². The molecule has 1 heteroatoms. The molecule has 13 rings (SSSR count). The maximum absolute atomic E-state index is 2.42. The van der Waals surface area contributed by atoms with Gasteiger partial charge < -0.3 is 4.90 Å². The maximum atomic E-state index is 2.42. The molecule has 0 heterocycles. The van der Waals surface area contributed by atoms with E-state index in [-0.39, 0.29) is 5.41 Å². The van der Waals surface area contributed by atoms with Gasteiger partial charge in [0, 0.05) is 22.5 Å². The van der Waals surface area contributed by atoms with Crippen LogP contribution in [0.2, 0.25) is 0 Å². The van der Waals surface area contributed by atoms with Crippen LogP contribution in [0.4, 0.5) is 17.1 Å². The standard InChI is InChI=1S/C70H49N/c1-70(56-24-12-5-13-25-56)66-29-17-16-27-62(66)64-47-59(43-45-67(64)70)71(57-39-34-51(35-40-57)50-32-30-49(31-33-50)48-18-6-2-7-19-48)58-41-36-52(37-42-58)55-38-44-61-60-26-14-15-28-63(60)68(53-20-8-3-9-21-53)69(65(61)46-55)54-22-10-4-11-23-54/h2-47H,1H3. The molecule has 1 aliphatic carbocycles. The fourth-order valence-electron chi connectivity index (χ4n) is 11.4. The molecule has 12 aromatic rings. The van der Waals surface area contributed by atoms with Crippen molar-refractivity contribution in [3.8, 4) is 66.8 Å². The fraction of sp³-hybridized carbons (Fsp3) is 0.0286. The minimum absolute atomic E-state index is 0.274. The molecule has 12 aromatic carbocycles. The van der Waals surface area contributed by atoms with Gasteiger partial charge in [0.15, 0.2) is 0 Å². The van der Waals surface area contributed by atoms with Crippen molar-refractivity contribution in [3.05, 3.63) is 296 Å². The van der Waals surface area contributed by atoms with Gasteiger partial charge in [0.2, 0.25) is 0 Å². The van der Waals surface area contributed by atoms with Crippen LogP contribution in [0.25, 0.3) is 88.3 Å². The van der Waals surface area contributed by atoms with Crippen LogP contribution in [-0.2, 0) is 5.41 Å². The summed E-state index contributed by atoms with van der Waals surface area (Å²) >= 11 is 0. The zero-order chi connectivity index (χ0) is 47.3. The minimum Gasteiger partial charge on any atom is -0.310 e.